The lowest BCUT2D eigenvalue weighted by atomic mass is 9.96. The van der Waals surface area contributed by atoms with E-state index in [0.717, 1.165) is 32.1 Å². The highest BCUT2D eigenvalue weighted by molar-refractivity contribution is 5.76. The van der Waals surface area contributed by atoms with Gasteiger partial charge in [0.15, 0.2) is 0 Å². The number of carbonyl (C=O) groups is 2. The second-order valence-electron chi connectivity index (χ2n) is 7.18. The van der Waals surface area contributed by atoms with Crippen molar-refractivity contribution in [1.82, 2.24) is 16.0 Å². The molecule has 0 saturated heterocycles. The third-order valence-corrected chi connectivity index (χ3v) is 4.29. The summed E-state index contributed by atoms with van der Waals surface area (Å²) >= 11 is 0. The minimum Gasteiger partial charge on any atom is -0.350 e. The molecule has 134 valence electrons. The molecule has 0 atom stereocenters. The first-order valence-electron chi connectivity index (χ1n) is 8.98. The summed E-state index contributed by atoms with van der Waals surface area (Å²) in [6, 6.07) is 0.290. The Labute approximate surface area is 140 Å². The Morgan fingerprint density at radius 1 is 1.09 bits per heavy atom. The van der Waals surface area contributed by atoms with E-state index in [-0.39, 0.29) is 17.5 Å². The van der Waals surface area contributed by atoms with Crippen LogP contribution in [0.4, 0.5) is 4.79 Å². The molecule has 1 fully saturated rings. The fraction of sp³-hybridized carbons (Fsp3) is 0.882. The van der Waals surface area contributed by atoms with Crippen molar-refractivity contribution in [2.24, 2.45) is 5.73 Å². The molecule has 1 aliphatic rings. The van der Waals surface area contributed by atoms with Crippen molar-refractivity contribution in [1.29, 1.82) is 0 Å². The number of hydrogen-bond donors (Lipinski definition) is 4. The van der Waals surface area contributed by atoms with E-state index >= 15 is 0 Å². The molecule has 0 spiro atoms. The molecule has 1 saturated carbocycles. The molecular weight excluding hydrogens is 292 g/mol. The van der Waals surface area contributed by atoms with Gasteiger partial charge in [0.1, 0.15) is 0 Å². The maximum atomic E-state index is 11.7. The predicted molar refractivity (Wildman–Crippen MR) is 93.2 cm³/mol. The van der Waals surface area contributed by atoms with Crippen LogP contribution in [0.15, 0.2) is 0 Å². The van der Waals surface area contributed by atoms with Crippen LogP contribution in [0, 0.1) is 0 Å². The average Bonchev–Trinajstić information content (AvgIpc) is 2.51. The molecule has 6 nitrogen and oxygen atoms in total. The summed E-state index contributed by atoms with van der Waals surface area (Å²) in [5.74, 6) is 0.0449. The highest BCUT2D eigenvalue weighted by Crippen LogP contribution is 2.17. The van der Waals surface area contributed by atoms with Crippen LogP contribution >= 0.6 is 0 Å². The molecule has 1 aliphatic carbocycles. The van der Waals surface area contributed by atoms with Crippen molar-refractivity contribution in [2.45, 2.75) is 83.2 Å². The zero-order chi connectivity index (χ0) is 17.1. The fourth-order valence-corrected chi connectivity index (χ4v) is 2.76. The Morgan fingerprint density at radius 2 is 1.78 bits per heavy atom. The summed E-state index contributed by atoms with van der Waals surface area (Å²) in [7, 11) is 0. The van der Waals surface area contributed by atoms with Crippen molar-refractivity contribution in [2.75, 3.05) is 13.1 Å². The van der Waals surface area contributed by atoms with Gasteiger partial charge < -0.3 is 21.7 Å². The normalized spacial score (nSPS) is 16.0. The number of hydrogen-bond acceptors (Lipinski definition) is 3. The molecule has 5 N–H and O–H groups in total. The van der Waals surface area contributed by atoms with Crippen LogP contribution in [0.2, 0.25) is 0 Å². The Bertz CT molecular complexity index is 366. The first-order chi connectivity index (χ1) is 10.9. The molecule has 0 bridgehead atoms. The average molecular weight is 326 g/mol. The van der Waals surface area contributed by atoms with E-state index in [1.54, 1.807) is 0 Å². The van der Waals surface area contributed by atoms with Gasteiger partial charge in [0, 0.05) is 31.1 Å². The van der Waals surface area contributed by atoms with Crippen molar-refractivity contribution < 1.29 is 9.59 Å². The van der Waals surface area contributed by atoms with Gasteiger partial charge in [-0.1, -0.05) is 25.7 Å². The number of nitrogens with one attached hydrogen (secondary N) is 3. The zero-order valence-corrected chi connectivity index (χ0v) is 14.7. The highest BCUT2D eigenvalue weighted by atomic mass is 16.2. The number of unbranched alkanes of at least 4 members (excludes halogenated alkanes) is 2. The van der Waals surface area contributed by atoms with Gasteiger partial charge in [-0.15, -0.1) is 0 Å². The van der Waals surface area contributed by atoms with Gasteiger partial charge in [-0.05, 0) is 39.5 Å². The first-order valence-corrected chi connectivity index (χ1v) is 8.98. The predicted octanol–water partition coefficient (Wildman–Crippen LogP) is 2.03. The molecule has 3 amide bonds. The molecule has 6 heteroatoms. The van der Waals surface area contributed by atoms with Crippen LogP contribution in [0.1, 0.15) is 71.6 Å². The van der Waals surface area contributed by atoms with Crippen LogP contribution in [0.25, 0.3) is 0 Å². The molecular formula is C17H34N4O2. The number of nitrogens with two attached hydrogens (primary N) is 1. The van der Waals surface area contributed by atoms with E-state index in [2.05, 4.69) is 16.0 Å². The fourth-order valence-electron chi connectivity index (χ4n) is 2.76. The minimum absolute atomic E-state index is 0.0449. The monoisotopic (exact) mass is 326 g/mol. The van der Waals surface area contributed by atoms with Crippen LogP contribution in [0.3, 0.4) is 0 Å². The highest BCUT2D eigenvalue weighted by Gasteiger charge is 2.17. The summed E-state index contributed by atoms with van der Waals surface area (Å²) in [4.78, 5) is 23.5. The summed E-state index contributed by atoms with van der Waals surface area (Å²) in [6.45, 7) is 4.92. The largest absolute Gasteiger partial charge is 0.350 e. The second-order valence-corrected chi connectivity index (χ2v) is 7.18. The topological polar surface area (TPSA) is 96.2 Å². The smallest absolute Gasteiger partial charge is 0.315 e. The molecule has 0 heterocycles. The Morgan fingerprint density at radius 3 is 2.43 bits per heavy atom. The van der Waals surface area contributed by atoms with E-state index in [1.807, 2.05) is 13.8 Å². The Hall–Kier alpha value is -1.30. The number of amides is 3. The summed E-state index contributed by atoms with van der Waals surface area (Å²) < 4.78 is 0. The molecule has 0 unspecified atom stereocenters. The third-order valence-electron chi connectivity index (χ3n) is 4.29. The van der Waals surface area contributed by atoms with E-state index in [0.29, 0.717) is 25.6 Å². The van der Waals surface area contributed by atoms with Crippen molar-refractivity contribution >= 4 is 11.9 Å². The maximum absolute atomic E-state index is 11.7. The SMILES string of the molecule is CC(C)(CN)NC(=O)CCCCCNC(=O)NC1CCCCC1. The lowest BCUT2D eigenvalue weighted by Crippen LogP contribution is -2.48. The van der Waals surface area contributed by atoms with E-state index in [9.17, 15) is 9.59 Å². The van der Waals surface area contributed by atoms with Gasteiger partial charge in [-0.25, -0.2) is 4.79 Å². The second kappa shape index (κ2) is 10.5. The van der Waals surface area contributed by atoms with E-state index < -0.39 is 0 Å². The van der Waals surface area contributed by atoms with Crippen molar-refractivity contribution in [3.63, 3.8) is 0 Å². The lowest BCUT2D eigenvalue weighted by molar-refractivity contribution is -0.122. The van der Waals surface area contributed by atoms with Gasteiger partial charge in [0.05, 0.1) is 0 Å². The standard InChI is InChI=1S/C17H34N4O2/c1-17(2,13-18)21-15(22)11-7-4-8-12-19-16(23)20-14-9-5-3-6-10-14/h14H,3-13,18H2,1-2H3,(H,21,22)(H2,19,20,23). The van der Waals surface area contributed by atoms with E-state index in [4.69, 9.17) is 5.73 Å². The zero-order valence-electron chi connectivity index (χ0n) is 14.7. The number of urea groups is 1. The van der Waals surface area contributed by atoms with Gasteiger partial charge in [-0.3, -0.25) is 4.79 Å². The molecule has 0 aromatic rings. The number of rotatable bonds is 9. The maximum Gasteiger partial charge on any atom is 0.315 e. The minimum atomic E-state index is -0.337. The Kier molecular flexibility index (Phi) is 8.99. The molecule has 0 aromatic carbocycles. The van der Waals surface area contributed by atoms with Gasteiger partial charge in [-0.2, -0.15) is 0 Å². The summed E-state index contributed by atoms with van der Waals surface area (Å²) in [5.41, 5.74) is 5.25. The third kappa shape index (κ3) is 9.43. The molecule has 23 heavy (non-hydrogen) atoms. The molecule has 1 rings (SSSR count). The molecule has 0 aromatic heterocycles. The first kappa shape index (κ1) is 19.7. The summed E-state index contributed by atoms with van der Waals surface area (Å²) in [6.07, 6.45) is 9.09. The Balaban J connectivity index is 1.98. The van der Waals surface area contributed by atoms with Gasteiger partial charge in [0.25, 0.3) is 0 Å². The lowest BCUT2D eigenvalue weighted by Gasteiger charge is -2.24. The summed E-state index contributed by atoms with van der Waals surface area (Å²) in [5, 5.41) is 8.85. The molecule has 0 aliphatic heterocycles. The van der Waals surface area contributed by atoms with E-state index in [1.165, 1.54) is 19.3 Å². The van der Waals surface area contributed by atoms with Crippen molar-refractivity contribution in [3.8, 4) is 0 Å². The number of carbonyl (C=O) groups excluding carboxylic acids is 2. The van der Waals surface area contributed by atoms with Gasteiger partial charge >= 0.3 is 6.03 Å². The van der Waals surface area contributed by atoms with Crippen LogP contribution < -0.4 is 21.7 Å². The van der Waals surface area contributed by atoms with Crippen LogP contribution in [-0.2, 0) is 4.79 Å². The van der Waals surface area contributed by atoms with Crippen LogP contribution in [0.5, 0.6) is 0 Å². The van der Waals surface area contributed by atoms with Gasteiger partial charge in [0.2, 0.25) is 5.91 Å². The van der Waals surface area contributed by atoms with Crippen molar-refractivity contribution in [3.05, 3.63) is 0 Å². The quantitative estimate of drug-likeness (QED) is 0.488. The molecule has 0 radical (unpaired) electrons. The van der Waals surface area contributed by atoms with Crippen LogP contribution in [-0.4, -0.2) is 36.6 Å².